The highest BCUT2D eigenvalue weighted by molar-refractivity contribution is 7.89. The van der Waals surface area contributed by atoms with Gasteiger partial charge in [-0.2, -0.15) is 0 Å². The van der Waals surface area contributed by atoms with Gasteiger partial charge in [-0.15, -0.1) is 0 Å². The maximum atomic E-state index is 12.4. The molecule has 1 aromatic rings. The molecule has 1 amide bonds. The van der Waals surface area contributed by atoms with Crippen molar-refractivity contribution >= 4 is 21.6 Å². The Balaban J connectivity index is 1.37. The second-order valence-electron chi connectivity index (χ2n) is 7.87. The van der Waals surface area contributed by atoms with E-state index in [2.05, 4.69) is 14.9 Å². The predicted molar refractivity (Wildman–Crippen MR) is 103 cm³/mol. The van der Waals surface area contributed by atoms with Gasteiger partial charge in [-0.05, 0) is 31.9 Å². The van der Waals surface area contributed by atoms with Gasteiger partial charge in [0.1, 0.15) is 0 Å². The Hall–Kier alpha value is -1.48. The second kappa shape index (κ2) is 7.16. The fourth-order valence-electron chi connectivity index (χ4n) is 4.93. The average molecular weight is 394 g/mol. The van der Waals surface area contributed by atoms with Crippen LogP contribution in [0.4, 0.5) is 5.69 Å². The summed E-state index contributed by atoms with van der Waals surface area (Å²) in [4.78, 5) is 14.5. The number of fused-ring (bicyclic) bond motifs is 1. The minimum atomic E-state index is -3.21. The Labute approximate surface area is 160 Å². The first kappa shape index (κ1) is 18.9. The van der Waals surface area contributed by atoms with E-state index in [1.54, 1.807) is 6.92 Å². The van der Waals surface area contributed by atoms with Crippen LogP contribution in [0.2, 0.25) is 0 Å². The number of rotatable bonds is 7. The van der Waals surface area contributed by atoms with E-state index < -0.39 is 10.0 Å². The van der Waals surface area contributed by atoms with E-state index in [4.69, 9.17) is 4.74 Å². The van der Waals surface area contributed by atoms with Crippen LogP contribution in [-0.2, 0) is 19.6 Å². The van der Waals surface area contributed by atoms with Gasteiger partial charge in [0.15, 0.2) is 0 Å². The Kier molecular flexibility index (Phi) is 5.00. The number of carbonyl (C=O) groups excluding carboxylic acids is 1. The lowest BCUT2D eigenvalue weighted by molar-refractivity contribution is -0.117. The molecule has 4 atom stereocenters. The summed E-state index contributed by atoms with van der Waals surface area (Å²) in [5, 5.41) is 2.93. The molecule has 1 aromatic carbocycles. The Morgan fingerprint density at radius 1 is 1.33 bits per heavy atom. The number of likely N-dealkylation sites (tertiary alicyclic amines) is 1. The zero-order valence-corrected chi connectivity index (χ0v) is 16.4. The average Bonchev–Trinajstić information content (AvgIpc) is 3.28. The van der Waals surface area contributed by atoms with Crippen LogP contribution in [0.1, 0.15) is 19.8 Å². The number of carbonyl (C=O) groups is 1. The number of hydrogen-bond acceptors (Lipinski definition) is 5. The maximum absolute atomic E-state index is 12.4. The van der Waals surface area contributed by atoms with E-state index in [0.717, 1.165) is 31.6 Å². The molecular weight excluding hydrogens is 366 g/mol. The van der Waals surface area contributed by atoms with Gasteiger partial charge in [0.25, 0.3) is 0 Å². The summed E-state index contributed by atoms with van der Waals surface area (Å²) < 4.78 is 32.7. The van der Waals surface area contributed by atoms with Crippen molar-refractivity contribution in [2.75, 3.05) is 37.2 Å². The molecule has 148 valence electrons. The number of nitrogens with zero attached hydrogens (tertiary/aromatic N) is 1. The van der Waals surface area contributed by atoms with Crippen LogP contribution in [0.3, 0.4) is 0 Å². The Bertz CT molecular complexity index is 800. The SMILES string of the molecule is CCS(=O)(=O)NC[C@H]1[C@H]2CN(CC(=O)Nc3ccccc3)C[C@]23CC[C@H]1O3. The number of sulfonamides is 1. The van der Waals surface area contributed by atoms with Crippen LogP contribution in [-0.4, -0.2) is 62.9 Å². The zero-order valence-electron chi connectivity index (χ0n) is 15.6. The zero-order chi connectivity index (χ0) is 19.1. The molecule has 0 aliphatic carbocycles. The topological polar surface area (TPSA) is 87.7 Å². The smallest absolute Gasteiger partial charge is 0.238 e. The molecule has 0 unspecified atom stereocenters. The van der Waals surface area contributed by atoms with Crippen molar-refractivity contribution in [2.45, 2.75) is 31.5 Å². The summed E-state index contributed by atoms with van der Waals surface area (Å²) in [7, 11) is -3.21. The number of hydrogen-bond donors (Lipinski definition) is 2. The van der Waals surface area contributed by atoms with Crippen LogP contribution in [0.25, 0.3) is 0 Å². The molecule has 3 aliphatic heterocycles. The van der Waals surface area contributed by atoms with Crippen LogP contribution in [0.15, 0.2) is 30.3 Å². The lowest BCUT2D eigenvalue weighted by Crippen LogP contribution is -2.42. The summed E-state index contributed by atoms with van der Waals surface area (Å²) in [5.41, 5.74) is 0.587. The molecule has 0 radical (unpaired) electrons. The first-order chi connectivity index (χ1) is 12.9. The van der Waals surface area contributed by atoms with E-state index >= 15 is 0 Å². The second-order valence-corrected chi connectivity index (χ2v) is 9.96. The van der Waals surface area contributed by atoms with E-state index in [9.17, 15) is 13.2 Å². The quantitative estimate of drug-likeness (QED) is 0.723. The molecule has 8 heteroatoms. The van der Waals surface area contributed by atoms with Crippen molar-refractivity contribution in [3.63, 3.8) is 0 Å². The van der Waals surface area contributed by atoms with Crippen molar-refractivity contribution in [3.8, 4) is 0 Å². The van der Waals surface area contributed by atoms with Gasteiger partial charge in [0.2, 0.25) is 15.9 Å². The number of amides is 1. The molecular formula is C19H27N3O4S. The van der Waals surface area contributed by atoms with E-state index in [1.807, 2.05) is 30.3 Å². The van der Waals surface area contributed by atoms with Gasteiger partial charge in [-0.3, -0.25) is 9.69 Å². The fraction of sp³-hybridized carbons (Fsp3) is 0.632. The molecule has 0 saturated carbocycles. The van der Waals surface area contributed by atoms with E-state index in [1.165, 1.54) is 0 Å². The molecule has 2 bridgehead atoms. The molecule has 27 heavy (non-hydrogen) atoms. The highest BCUT2D eigenvalue weighted by Gasteiger charge is 2.62. The lowest BCUT2D eigenvalue weighted by atomic mass is 9.74. The maximum Gasteiger partial charge on any atom is 0.238 e. The molecule has 4 rings (SSSR count). The minimum absolute atomic E-state index is 0.0321. The molecule has 3 heterocycles. The summed E-state index contributed by atoms with van der Waals surface area (Å²) >= 11 is 0. The minimum Gasteiger partial charge on any atom is -0.370 e. The third-order valence-corrected chi connectivity index (χ3v) is 7.56. The Morgan fingerprint density at radius 2 is 2.11 bits per heavy atom. The van der Waals surface area contributed by atoms with Crippen LogP contribution in [0.5, 0.6) is 0 Å². The van der Waals surface area contributed by atoms with E-state index in [0.29, 0.717) is 13.1 Å². The molecule has 0 aromatic heterocycles. The van der Waals surface area contributed by atoms with Crippen molar-refractivity contribution in [3.05, 3.63) is 30.3 Å². The molecule has 2 N–H and O–H groups in total. The van der Waals surface area contributed by atoms with Crippen LogP contribution >= 0.6 is 0 Å². The van der Waals surface area contributed by atoms with Gasteiger partial charge in [0.05, 0.1) is 24.0 Å². The molecule has 3 saturated heterocycles. The van der Waals surface area contributed by atoms with Gasteiger partial charge in [-0.1, -0.05) is 18.2 Å². The number of ether oxygens (including phenoxy) is 1. The monoisotopic (exact) mass is 393 g/mol. The van der Waals surface area contributed by atoms with Crippen molar-refractivity contribution < 1.29 is 17.9 Å². The van der Waals surface area contributed by atoms with Crippen molar-refractivity contribution in [2.24, 2.45) is 11.8 Å². The largest absolute Gasteiger partial charge is 0.370 e. The number of nitrogens with one attached hydrogen (secondary N) is 2. The number of para-hydroxylation sites is 1. The molecule has 3 fully saturated rings. The summed E-state index contributed by atoms with van der Waals surface area (Å²) in [6.07, 6.45) is 2.10. The Morgan fingerprint density at radius 3 is 2.85 bits per heavy atom. The van der Waals surface area contributed by atoms with Crippen molar-refractivity contribution in [1.82, 2.24) is 9.62 Å². The van der Waals surface area contributed by atoms with E-state index in [-0.39, 0.29) is 35.2 Å². The fourth-order valence-corrected chi connectivity index (χ4v) is 5.58. The van der Waals surface area contributed by atoms with Crippen LogP contribution in [0, 0.1) is 11.8 Å². The van der Waals surface area contributed by atoms with Gasteiger partial charge >= 0.3 is 0 Å². The summed E-state index contributed by atoms with van der Waals surface area (Å²) in [6, 6.07) is 9.44. The lowest BCUT2D eigenvalue weighted by Gasteiger charge is -2.29. The molecule has 1 spiro atoms. The third-order valence-electron chi connectivity index (χ3n) is 6.20. The highest BCUT2D eigenvalue weighted by atomic mass is 32.2. The van der Waals surface area contributed by atoms with Gasteiger partial charge < -0.3 is 10.1 Å². The predicted octanol–water partition coefficient (Wildman–Crippen LogP) is 1.04. The van der Waals surface area contributed by atoms with Crippen molar-refractivity contribution in [1.29, 1.82) is 0 Å². The highest BCUT2D eigenvalue weighted by Crippen LogP contribution is 2.54. The number of benzene rings is 1. The summed E-state index contributed by atoms with van der Waals surface area (Å²) in [6.45, 7) is 3.92. The van der Waals surface area contributed by atoms with Gasteiger partial charge in [0, 0.05) is 37.2 Å². The number of anilines is 1. The summed E-state index contributed by atoms with van der Waals surface area (Å²) in [5.74, 6) is 0.519. The van der Waals surface area contributed by atoms with Crippen LogP contribution < -0.4 is 10.0 Å². The normalized spacial score (nSPS) is 32.6. The van der Waals surface area contributed by atoms with Gasteiger partial charge in [-0.25, -0.2) is 13.1 Å². The first-order valence-electron chi connectivity index (χ1n) is 9.63. The third kappa shape index (κ3) is 3.76. The molecule has 7 nitrogen and oxygen atoms in total. The molecule has 3 aliphatic rings. The standard InChI is InChI=1S/C19H27N3O4S/c1-2-27(24,25)20-10-15-16-11-22(13-19(16)9-8-17(15)26-19)12-18(23)21-14-6-4-3-5-7-14/h3-7,15-17,20H,2,8-13H2,1H3,(H,21,23)/t15-,16+,17+,19+/m0/s1. The first-order valence-corrected chi connectivity index (χ1v) is 11.3.